The van der Waals surface area contributed by atoms with Gasteiger partial charge in [-0.05, 0) is 49.2 Å². The second kappa shape index (κ2) is 10.7. The van der Waals surface area contributed by atoms with Crippen LogP contribution >= 0.6 is 0 Å². The number of ether oxygens (including phenoxy) is 3. The van der Waals surface area contributed by atoms with Crippen molar-refractivity contribution in [3.05, 3.63) is 66.5 Å². The van der Waals surface area contributed by atoms with Gasteiger partial charge in [-0.2, -0.15) is 0 Å². The van der Waals surface area contributed by atoms with Gasteiger partial charge in [0.2, 0.25) is 5.91 Å². The summed E-state index contributed by atoms with van der Waals surface area (Å²) in [5.74, 6) is 1.76. The number of benzene rings is 2. The number of hydrogen-bond donors (Lipinski definition) is 1. The summed E-state index contributed by atoms with van der Waals surface area (Å²) in [6, 6.07) is 13.9. The fraction of sp³-hybridized carbons (Fsp3) is 0.280. The Hall–Kier alpha value is -4.14. The molecule has 0 radical (unpaired) electrons. The van der Waals surface area contributed by atoms with Crippen LogP contribution in [0.5, 0.6) is 17.4 Å². The monoisotopic (exact) mass is 462 g/mol. The summed E-state index contributed by atoms with van der Waals surface area (Å²) in [7, 11) is 2.93. The summed E-state index contributed by atoms with van der Waals surface area (Å²) in [5, 5.41) is 2.93. The van der Waals surface area contributed by atoms with Crippen LogP contribution < -0.4 is 19.7 Å². The van der Waals surface area contributed by atoms with E-state index in [2.05, 4.69) is 20.2 Å². The van der Waals surface area contributed by atoms with Gasteiger partial charge in [-0.25, -0.2) is 14.8 Å². The Morgan fingerprint density at radius 2 is 1.68 bits per heavy atom. The summed E-state index contributed by atoms with van der Waals surface area (Å²) < 4.78 is 15.9. The molecule has 176 valence electrons. The topological polar surface area (TPSA) is 103 Å². The standard InChI is InChI=1S/C25H26N4O5/c1-32-20-4-3-5-21(16-20)34-24-22(26-12-13-27-24)29-14-10-17(11-15-29)23(30)28-19-8-6-18(7-9-19)25(31)33-2/h3-9,12-13,16-17H,10-11,14-15H2,1-2H3,(H,28,30). The van der Waals surface area contributed by atoms with E-state index in [9.17, 15) is 9.59 Å². The Bertz CT molecular complexity index is 1140. The number of carbonyl (C=O) groups excluding carboxylic acids is 2. The molecule has 1 N–H and O–H groups in total. The number of anilines is 2. The molecule has 1 saturated heterocycles. The predicted molar refractivity (Wildman–Crippen MR) is 126 cm³/mol. The quantitative estimate of drug-likeness (QED) is 0.527. The van der Waals surface area contributed by atoms with Gasteiger partial charge < -0.3 is 24.4 Å². The summed E-state index contributed by atoms with van der Waals surface area (Å²) in [6.45, 7) is 1.29. The number of aromatic nitrogens is 2. The van der Waals surface area contributed by atoms with E-state index in [0.29, 0.717) is 60.4 Å². The maximum atomic E-state index is 12.8. The number of nitrogens with one attached hydrogen (secondary N) is 1. The van der Waals surface area contributed by atoms with Gasteiger partial charge in [0.05, 0.1) is 19.8 Å². The highest BCUT2D eigenvalue weighted by molar-refractivity contribution is 5.94. The van der Waals surface area contributed by atoms with Crippen LogP contribution in [0.3, 0.4) is 0 Å². The van der Waals surface area contributed by atoms with E-state index in [1.807, 2.05) is 18.2 Å². The molecule has 3 aromatic rings. The van der Waals surface area contributed by atoms with Crippen LogP contribution in [0, 0.1) is 5.92 Å². The molecule has 0 spiro atoms. The first-order valence-electron chi connectivity index (χ1n) is 10.9. The molecule has 1 aliphatic rings. The van der Waals surface area contributed by atoms with Crippen molar-refractivity contribution in [2.75, 3.05) is 37.5 Å². The van der Waals surface area contributed by atoms with Crippen molar-refractivity contribution >= 4 is 23.4 Å². The number of rotatable bonds is 7. The molecular formula is C25H26N4O5. The number of methoxy groups -OCH3 is 2. The van der Waals surface area contributed by atoms with Crippen LogP contribution in [0.1, 0.15) is 23.2 Å². The van der Waals surface area contributed by atoms with Gasteiger partial charge in [0.1, 0.15) is 11.5 Å². The van der Waals surface area contributed by atoms with E-state index in [-0.39, 0.29) is 11.8 Å². The number of amides is 1. The Morgan fingerprint density at radius 1 is 0.971 bits per heavy atom. The third-order valence-corrected chi connectivity index (χ3v) is 5.64. The van der Waals surface area contributed by atoms with Crippen LogP contribution in [-0.4, -0.2) is 49.2 Å². The summed E-state index contributed by atoms with van der Waals surface area (Å²) in [6.07, 6.45) is 4.55. The number of hydrogen-bond acceptors (Lipinski definition) is 8. The minimum Gasteiger partial charge on any atom is -0.497 e. The van der Waals surface area contributed by atoms with Crippen LogP contribution in [0.25, 0.3) is 0 Å². The fourth-order valence-corrected chi connectivity index (χ4v) is 3.79. The minimum absolute atomic E-state index is 0.0440. The molecule has 1 amide bonds. The van der Waals surface area contributed by atoms with E-state index in [1.165, 1.54) is 7.11 Å². The number of piperidine rings is 1. The maximum Gasteiger partial charge on any atom is 0.337 e. The SMILES string of the molecule is COC(=O)c1ccc(NC(=O)C2CCN(c3nccnc3Oc3cccc(OC)c3)CC2)cc1. The average molecular weight is 463 g/mol. The van der Waals surface area contributed by atoms with Crippen molar-refractivity contribution in [2.45, 2.75) is 12.8 Å². The lowest BCUT2D eigenvalue weighted by Gasteiger charge is -2.32. The van der Waals surface area contributed by atoms with E-state index >= 15 is 0 Å². The van der Waals surface area contributed by atoms with Crippen molar-refractivity contribution in [2.24, 2.45) is 5.92 Å². The molecule has 4 rings (SSSR count). The molecule has 2 heterocycles. The minimum atomic E-state index is -0.413. The first kappa shape index (κ1) is 23.0. The largest absolute Gasteiger partial charge is 0.497 e. The highest BCUT2D eigenvalue weighted by atomic mass is 16.5. The molecule has 0 bridgehead atoms. The lowest BCUT2D eigenvalue weighted by Crippen LogP contribution is -2.38. The second-order valence-electron chi connectivity index (χ2n) is 7.79. The van der Waals surface area contributed by atoms with Crippen LogP contribution in [-0.2, 0) is 9.53 Å². The van der Waals surface area contributed by atoms with Crippen molar-refractivity contribution < 1.29 is 23.8 Å². The first-order valence-corrected chi connectivity index (χ1v) is 10.9. The van der Waals surface area contributed by atoms with E-state index in [4.69, 9.17) is 14.2 Å². The Balaban J connectivity index is 1.36. The van der Waals surface area contributed by atoms with Gasteiger partial charge in [-0.1, -0.05) is 6.07 Å². The Morgan fingerprint density at radius 3 is 2.38 bits per heavy atom. The van der Waals surface area contributed by atoms with Crippen LogP contribution in [0.4, 0.5) is 11.5 Å². The van der Waals surface area contributed by atoms with Crippen molar-refractivity contribution in [3.8, 4) is 17.4 Å². The summed E-state index contributed by atoms with van der Waals surface area (Å²) >= 11 is 0. The second-order valence-corrected chi connectivity index (χ2v) is 7.79. The van der Waals surface area contributed by atoms with E-state index < -0.39 is 5.97 Å². The van der Waals surface area contributed by atoms with Crippen LogP contribution in [0.15, 0.2) is 60.9 Å². The van der Waals surface area contributed by atoms with Crippen molar-refractivity contribution in [1.29, 1.82) is 0 Å². The number of carbonyl (C=O) groups is 2. The van der Waals surface area contributed by atoms with Gasteiger partial charge in [0.15, 0.2) is 5.82 Å². The average Bonchev–Trinajstić information content (AvgIpc) is 2.89. The molecule has 1 fully saturated rings. The number of esters is 1. The van der Waals surface area contributed by atoms with Gasteiger partial charge >= 0.3 is 5.97 Å². The van der Waals surface area contributed by atoms with Gasteiger partial charge in [-0.3, -0.25) is 4.79 Å². The zero-order chi connectivity index (χ0) is 23.9. The smallest absolute Gasteiger partial charge is 0.337 e. The third kappa shape index (κ3) is 5.43. The molecule has 9 heteroatoms. The highest BCUT2D eigenvalue weighted by Crippen LogP contribution is 2.32. The summed E-state index contributed by atoms with van der Waals surface area (Å²) in [5.41, 5.74) is 1.08. The van der Waals surface area contributed by atoms with Crippen molar-refractivity contribution in [3.63, 3.8) is 0 Å². The first-order chi connectivity index (χ1) is 16.6. The molecule has 1 aromatic heterocycles. The highest BCUT2D eigenvalue weighted by Gasteiger charge is 2.27. The Labute approximate surface area is 197 Å². The molecule has 2 aromatic carbocycles. The van der Waals surface area contributed by atoms with Gasteiger partial charge in [0, 0.05) is 43.2 Å². The molecule has 0 aliphatic carbocycles. The van der Waals surface area contributed by atoms with Crippen LogP contribution in [0.2, 0.25) is 0 Å². The maximum absolute atomic E-state index is 12.8. The molecular weight excluding hydrogens is 436 g/mol. The zero-order valence-corrected chi connectivity index (χ0v) is 19.1. The molecule has 0 unspecified atom stereocenters. The van der Waals surface area contributed by atoms with Crippen molar-refractivity contribution in [1.82, 2.24) is 9.97 Å². The Kier molecular flexibility index (Phi) is 7.22. The number of nitrogens with zero attached hydrogens (tertiary/aromatic N) is 3. The lowest BCUT2D eigenvalue weighted by molar-refractivity contribution is -0.120. The van der Waals surface area contributed by atoms with E-state index in [1.54, 1.807) is 49.8 Å². The molecule has 0 saturated carbocycles. The van der Waals surface area contributed by atoms with Gasteiger partial charge in [0.25, 0.3) is 5.88 Å². The normalized spacial score (nSPS) is 13.8. The third-order valence-electron chi connectivity index (χ3n) is 5.64. The van der Waals surface area contributed by atoms with E-state index in [0.717, 1.165) is 0 Å². The fourth-order valence-electron chi connectivity index (χ4n) is 3.79. The zero-order valence-electron chi connectivity index (χ0n) is 19.1. The lowest BCUT2D eigenvalue weighted by atomic mass is 9.95. The predicted octanol–water partition coefficient (Wildman–Crippen LogP) is 3.92. The molecule has 34 heavy (non-hydrogen) atoms. The molecule has 1 aliphatic heterocycles. The summed E-state index contributed by atoms with van der Waals surface area (Å²) in [4.78, 5) is 35.2. The van der Waals surface area contributed by atoms with Gasteiger partial charge in [-0.15, -0.1) is 0 Å². The molecule has 0 atom stereocenters. The molecule has 9 nitrogen and oxygen atoms in total.